The number of aliphatic carboxylic acids is 1. The summed E-state index contributed by atoms with van der Waals surface area (Å²) in [7, 11) is 0. The van der Waals surface area contributed by atoms with Crippen LogP contribution < -0.4 is 5.32 Å². The van der Waals surface area contributed by atoms with E-state index < -0.39 is 5.97 Å². The van der Waals surface area contributed by atoms with Gasteiger partial charge >= 0.3 is 5.97 Å². The normalized spacial score (nSPS) is 23.7. The maximum atomic E-state index is 11.2. The zero-order chi connectivity index (χ0) is 17.5. The number of nitrogens with one attached hydrogen (secondary N) is 1. The van der Waals surface area contributed by atoms with Crippen molar-refractivity contribution in [3.63, 3.8) is 0 Å². The van der Waals surface area contributed by atoms with Gasteiger partial charge in [0.05, 0.1) is 24.7 Å². The predicted octanol–water partition coefficient (Wildman–Crippen LogP) is 2.04. The topological polar surface area (TPSA) is 84.9 Å². The van der Waals surface area contributed by atoms with Crippen LogP contribution in [0.4, 0.5) is 0 Å². The Labute approximate surface area is 136 Å². The van der Waals surface area contributed by atoms with Crippen molar-refractivity contribution in [1.29, 1.82) is 0 Å². The molecule has 6 nitrogen and oxygen atoms in total. The standard InChI is InChI=1S/C9H11NO2.C8H14O3/c1-3-7-5-12-6-10-9(11)8(7)4-2;1-8(2)4-3-6(5-11-8)7(9)10/h3-4H,1-2,5-6H2,(H,10,11);6H,3-5H2,1-2H3,(H,9,10). The monoisotopic (exact) mass is 323 g/mol. The van der Waals surface area contributed by atoms with Crippen LogP contribution in [-0.2, 0) is 19.1 Å². The van der Waals surface area contributed by atoms with Crippen LogP contribution >= 0.6 is 0 Å². The van der Waals surface area contributed by atoms with Crippen molar-refractivity contribution in [3.05, 3.63) is 36.5 Å². The number of carboxylic acids is 1. The first-order chi connectivity index (χ1) is 10.8. The summed E-state index contributed by atoms with van der Waals surface area (Å²) >= 11 is 0. The molecule has 1 fully saturated rings. The minimum Gasteiger partial charge on any atom is -0.481 e. The number of carbonyl (C=O) groups excluding carboxylic acids is 1. The number of carboxylic acid groups (broad SMARTS) is 1. The fourth-order valence-corrected chi connectivity index (χ4v) is 2.19. The Morgan fingerprint density at radius 1 is 1.39 bits per heavy atom. The van der Waals surface area contributed by atoms with Gasteiger partial charge in [0.15, 0.2) is 0 Å². The van der Waals surface area contributed by atoms with Crippen LogP contribution in [0.5, 0.6) is 0 Å². The Morgan fingerprint density at radius 2 is 2.09 bits per heavy atom. The average molecular weight is 323 g/mol. The molecule has 1 amide bonds. The minimum atomic E-state index is -0.736. The molecule has 6 heteroatoms. The zero-order valence-corrected chi connectivity index (χ0v) is 13.8. The van der Waals surface area contributed by atoms with E-state index in [0.717, 1.165) is 18.4 Å². The Kier molecular flexibility index (Phi) is 7.19. The molecule has 0 aromatic heterocycles. The number of ether oxygens (including phenoxy) is 2. The van der Waals surface area contributed by atoms with Crippen LogP contribution in [0.1, 0.15) is 26.7 Å². The lowest BCUT2D eigenvalue weighted by atomic mass is 9.92. The molecule has 0 bridgehead atoms. The molecular weight excluding hydrogens is 298 g/mol. The maximum Gasteiger partial charge on any atom is 0.308 e. The summed E-state index contributed by atoms with van der Waals surface area (Å²) in [6.45, 7) is 12.1. The molecule has 2 N–H and O–H groups in total. The van der Waals surface area contributed by atoms with E-state index in [-0.39, 0.29) is 24.2 Å². The number of hydrogen-bond donors (Lipinski definition) is 2. The van der Waals surface area contributed by atoms with E-state index in [1.807, 2.05) is 13.8 Å². The number of amides is 1. The second-order valence-corrected chi connectivity index (χ2v) is 5.99. The van der Waals surface area contributed by atoms with E-state index in [9.17, 15) is 9.59 Å². The third kappa shape index (κ3) is 6.00. The Bertz CT molecular complexity index is 497. The summed E-state index contributed by atoms with van der Waals surface area (Å²) in [6.07, 6.45) is 4.70. The predicted molar refractivity (Wildman–Crippen MR) is 86.8 cm³/mol. The van der Waals surface area contributed by atoms with Crippen LogP contribution in [-0.4, -0.2) is 42.5 Å². The van der Waals surface area contributed by atoms with Gasteiger partial charge < -0.3 is 19.9 Å². The first-order valence-corrected chi connectivity index (χ1v) is 7.51. The number of rotatable bonds is 3. The van der Waals surface area contributed by atoms with Crippen LogP contribution in [0.25, 0.3) is 0 Å². The molecule has 1 saturated heterocycles. The van der Waals surface area contributed by atoms with Crippen molar-refractivity contribution in [2.24, 2.45) is 5.92 Å². The highest BCUT2D eigenvalue weighted by molar-refractivity contribution is 5.97. The SMILES string of the molecule is C=CC1=C(C=C)C(=O)NCOC1.CC1(C)CCC(C(=O)O)CO1. The van der Waals surface area contributed by atoms with Gasteiger partial charge in [0, 0.05) is 5.57 Å². The Balaban J connectivity index is 0.000000231. The van der Waals surface area contributed by atoms with Gasteiger partial charge in [-0.1, -0.05) is 25.3 Å². The van der Waals surface area contributed by atoms with Crippen molar-refractivity contribution in [3.8, 4) is 0 Å². The molecule has 0 aliphatic carbocycles. The van der Waals surface area contributed by atoms with Crippen molar-refractivity contribution in [2.75, 3.05) is 19.9 Å². The molecule has 2 aliphatic rings. The molecule has 23 heavy (non-hydrogen) atoms. The lowest BCUT2D eigenvalue weighted by molar-refractivity contribution is -0.152. The molecule has 0 aromatic carbocycles. The largest absolute Gasteiger partial charge is 0.481 e. The van der Waals surface area contributed by atoms with Crippen LogP contribution in [0.2, 0.25) is 0 Å². The van der Waals surface area contributed by atoms with Gasteiger partial charge in [-0.3, -0.25) is 9.59 Å². The third-order valence-electron chi connectivity index (χ3n) is 3.75. The van der Waals surface area contributed by atoms with Gasteiger partial charge in [0.2, 0.25) is 0 Å². The van der Waals surface area contributed by atoms with Gasteiger partial charge in [0.1, 0.15) is 6.73 Å². The van der Waals surface area contributed by atoms with E-state index in [1.54, 1.807) is 6.08 Å². The Hall–Kier alpha value is -1.92. The first kappa shape index (κ1) is 19.1. The number of carbonyl (C=O) groups is 2. The summed E-state index contributed by atoms with van der Waals surface area (Å²) in [4.78, 5) is 21.7. The summed E-state index contributed by atoms with van der Waals surface area (Å²) in [5.74, 6) is -1.18. The maximum absolute atomic E-state index is 11.2. The van der Waals surface area contributed by atoms with E-state index in [4.69, 9.17) is 14.6 Å². The molecule has 0 spiro atoms. The fourth-order valence-electron chi connectivity index (χ4n) is 2.19. The molecule has 0 radical (unpaired) electrons. The first-order valence-electron chi connectivity index (χ1n) is 7.51. The smallest absolute Gasteiger partial charge is 0.308 e. The summed E-state index contributed by atoms with van der Waals surface area (Å²) in [5, 5.41) is 11.2. The molecule has 0 aromatic rings. The third-order valence-corrected chi connectivity index (χ3v) is 3.75. The van der Waals surface area contributed by atoms with Gasteiger partial charge in [-0.2, -0.15) is 0 Å². The lowest BCUT2D eigenvalue weighted by Gasteiger charge is -2.32. The van der Waals surface area contributed by atoms with Crippen molar-refractivity contribution in [2.45, 2.75) is 32.3 Å². The van der Waals surface area contributed by atoms with Crippen molar-refractivity contribution in [1.82, 2.24) is 5.32 Å². The van der Waals surface area contributed by atoms with Crippen molar-refractivity contribution >= 4 is 11.9 Å². The molecule has 2 rings (SSSR count). The van der Waals surface area contributed by atoms with E-state index >= 15 is 0 Å². The summed E-state index contributed by atoms with van der Waals surface area (Å²) in [5.41, 5.74) is 1.20. The van der Waals surface area contributed by atoms with Gasteiger partial charge in [0.25, 0.3) is 5.91 Å². The fraction of sp³-hybridized carbons (Fsp3) is 0.529. The van der Waals surface area contributed by atoms with E-state index in [2.05, 4.69) is 18.5 Å². The van der Waals surface area contributed by atoms with Gasteiger partial charge in [-0.05, 0) is 32.3 Å². The second-order valence-electron chi connectivity index (χ2n) is 5.99. The lowest BCUT2D eigenvalue weighted by Crippen LogP contribution is -2.36. The molecule has 1 unspecified atom stereocenters. The van der Waals surface area contributed by atoms with Crippen LogP contribution in [0, 0.1) is 5.92 Å². The average Bonchev–Trinajstić information content (AvgIpc) is 2.68. The molecule has 128 valence electrons. The highest BCUT2D eigenvalue weighted by Crippen LogP contribution is 2.27. The quantitative estimate of drug-likeness (QED) is 0.830. The molecule has 1 atom stereocenters. The summed E-state index contributed by atoms with van der Waals surface area (Å²) < 4.78 is 10.4. The van der Waals surface area contributed by atoms with E-state index in [1.165, 1.54) is 6.08 Å². The van der Waals surface area contributed by atoms with Crippen molar-refractivity contribution < 1.29 is 24.2 Å². The molecular formula is C17H25NO5. The number of hydrogen-bond acceptors (Lipinski definition) is 4. The minimum absolute atomic E-state index is 0.119. The highest BCUT2D eigenvalue weighted by Gasteiger charge is 2.30. The zero-order valence-electron chi connectivity index (χ0n) is 13.8. The van der Waals surface area contributed by atoms with Crippen LogP contribution in [0.3, 0.4) is 0 Å². The second kappa shape index (κ2) is 8.64. The Morgan fingerprint density at radius 3 is 2.57 bits per heavy atom. The highest BCUT2D eigenvalue weighted by atomic mass is 16.5. The molecule has 0 saturated carbocycles. The molecule has 2 aliphatic heterocycles. The molecule has 2 heterocycles. The van der Waals surface area contributed by atoms with Gasteiger partial charge in [-0.15, -0.1) is 0 Å². The summed E-state index contributed by atoms with van der Waals surface area (Å²) in [6, 6.07) is 0. The van der Waals surface area contributed by atoms with Gasteiger partial charge in [-0.25, -0.2) is 0 Å². The van der Waals surface area contributed by atoms with Crippen LogP contribution in [0.15, 0.2) is 36.5 Å². The van der Waals surface area contributed by atoms with E-state index in [0.29, 0.717) is 18.8 Å².